The van der Waals surface area contributed by atoms with Crippen molar-refractivity contribution in [3.63, 3.8) is 0 Å². The summed E-state index contributed by atoms with van der Waals surface area (Å²) in [5.74, 6) is 0.912. The molecule has 2 rings (SSSR count). The summed E-state index contributed by atoms with van der Waals surface area (Å²) in [5, 5.41) is 3.35. The molecule has 0 aromatic heterocycles. The molecule has 2 aromatic carbocycles. The molecule has 0 spiro atoms. The van der Waals surface area contributed by atoms with E-state index in [4.69, 9.17) is 4.74 Å². The highest BCUT2D eigenvalue weighted by Gasteiger charge is 2.09. The SMILES string of the molecule is C=CCCC(NC)c1cccc(OCc2ccccc2)c1. The van der Waals surface area contributed by atoms with Crippen LogP contribution in [0.4, 0.5) is 0 Å². The van der Waals surface area contributed by atoms with Crippen molar-refractivity contribution in [3.8, 4) is 5.75 Å². The number of ether oxygens (including phenoxy) is 1. The molecule has 1 N–H and O–H groups in total. The third-order valence-electron chi connectivity index (χ3n) is 3.52. The lowest BCUT2D eigenvalue weighted by atomic mass is 10.0. The zero-order chi connectivity index (χ0) is 14.9. The van der Waals surface area contributed by atoms with E-state index in [0.717, 1.165) is 18.6 Å². The first kappa shape index (κ1) is 15.3. The molecular weight excluding hydrogens is 258 g/mol. The Balaban J connectivity index is 2.01. The molecule has 0 amide bonds. The van der Waals surface area contributed by atoms with Crippen LogP contribution >= 0.6 is 0 Å². The maximum Gasteiger partial charge on any atom is 0.120 e. The predicted octanol–water partition coefficient (Wildman–Crippen LogP) is 4.49. The van der Waals surface area contributed by atoms with Crippen LogP contribution in [0.1, 0.15) is 30.0 Å². The van der Waals surface area contributed by atoms with Crippen molar-refractivity contribution in [2.24, 2.45) is 0 Å². The highest BCUT2D eigenvalue weighted by atomic mass is 16.5. The number of hydrogen-bond acceptors (Lipinski definition) is 2. The molecule has 2 nitrogen and oxygen atoms in total. The van der Waals surface area contributed by atoms with Gasteiger partial charge in [0.2, 0.25) is 0 Å². The Bertz CT molecular complexity index is 551. The van der Waals surface area contributed by atoms with Crippen LogP contribution in [0.5, 0.6) is 5.75 Å². The van der Waals surface area contributed by atoms with E-state index in [1.807, 2.05) is 43.5 Å². The third kappa shape index (κ3) is 4.76. The molecule has 0 aliphatic rings. The minimum Gasteiger partial charge on any atom is -0.489 e. The molecule has 0 bridgehead atoms. The first-order valence-corrected chi connectivity index (χ1v) is 7.38. The van der Waals surface area contributed by atoms with Gasteiger partial charge in [0, 0.05) is 6.04 Å². The molecule has 2 heteroatoms. The minimum absolute atomic E-state index is 0.336. The maximum absolute atomic E-state index is 5.88. The Morgan fingerprint density at radius 3 is 2.67 bits per heavy atom. The van der Waals surface area contributed by atoms with Crippen LogP contribution < -0.4 is 10.1 Å². The van der Waals surface area contributed by atoms with Crippen molar-refractivity contribution in [1.82, 2.24) is 5.32 Å². The van der Waals surface area contributed by atoms with Crippen LogP contribution in [0.15, 0.2) is 67.3 Å². The molecule has 0 aliphatic heterocycles. The summed E-state index contributed by atoms with van der Waals surface area (Å²) in [6.07, 6.45) is 4.00. The van der Waals surface area contributed by atoms with Gasteiger partial charge in [-0.1, -0.05) is 48.5 Å². The van der Waals surface area contributed by atoms with Gasteiger partial charge in [0.1, 0.15) is 12.4 Å². The number of allylic oxidation sites excluding steroid dienone is 1. The first-order chi connectivity index (χ1) is 10.3. The van der Waals surface area contributed by atoms with Gasteiger partial charge in [-0.15, -0.1) is 6.58 Å². The van der Waals surface area contributed by atoms with Gasteiger partial charge in [0.15, 0.2) is 0 Å². The number of benzene rings is 2. The van der Waals surface area contributed by atoms with Crippen LogP contribution in [-0.4, -0.2) is 7.05 Å². The lowest BCUT2D eigenvalue weighted by Gasteiger charge is -2.17. The lowest BCUT2D eigenvalue weighted by molar-refractivity contribution is 0.305. The topological polar surface area (TPSA) is 21.3 Å². The Hall–Kier alpha value is -2.06. The minimum atomic E-state index is 0.336. The zero-order valence-electron chi connectivity index (χ0n) is 12.6. The third-order valence-corrected chi connectivity index (χ3v) is 3.52. The van der Waals surface area contributed by atoms with Crippen LogP contribution in [-0.2, 0) is 6.61 Å². The summed E-state index contributed by atoms with van der Waals surface area (Å²) in [6, 6.07) is 18.9. The van der Waals surface area contributed by atoms with Crippen molar-refractivity contribution < 1.29 is 4.74 Å². The molecule has 0 fully saturated rings. The Kier molecular flexibility index (Phi) is 6.04. The summed E-state index contributed by atoms with van der Waals surface area (Å²) in [4.78, 5) is 0. The van der Waals surface area contributed by atoms with Gasteiger partial charge < -0.3 is 10.1 Å². The average molecular weight is 281 g/mol. The molecule has 110 valence electrons. The molecule has 1 atom stereocenters. The van der Waals surface area contributed by atoms with Crippen LogP contribution in [0.3, 0.4) is 0 Å². The summed E-state index contributed by atoms with van der Waals surface area (Å²) >= 11 is 0. The van der Waals surface area contributed by atoms with Crippen LogP contribution in [0.2, 0.25) is 0 Å². The van der Waals surface area contributed by atoms with E-state index in [0.29, 0.717) is 12.6 Å². The van der Waals surface area contributed by atoms with E-state index >= 15 is 0 Å². The first-order valence-electron chi connectivity index (χ1n) is 7.38. The van der Waals surface area contributed by atoms with Crippen molar-refractivity contribution in [2.45, 2.75) is 25.5 Å². The van der Waals surface area contributed by atoms with Gasteiger partial charge in [-0.25, -0.2) is 0 Å². The molecule has 0 aliphatic carbocycles. The van der Waals surface area contributed by atoms with E-state index in [9.17, 15) is 0 Å². The molecule has 2 aromatic rings. The molecule has 0 saturated heterocycles. The fourth-order valence-corrected chi connectivity index (χ4v) is 2.32. The fourth-order valence-electron chi connectivity index (χ4n) is 2.32. The monoisotopic (exact) mass is 281 g/mol. The van der Waals surface area contributed by atoms with E-state index in [1.165, 1.54) is 11.1 Å². The van der Waals surface area contributed by atoms with E-state index in [2.05, 4.69) is 36.2 Å². The Labute approximate surface area is 127 Å². The van der Waals surface area contributed by atoms with Crippen molar-refractivity contribution in [1.29, 1.82) is 0 Å². The fraction of sp³-hybridized carbons (Fsp3) is 0.263. The normalized spacial score (nSPS) is 11.9. The number of rotatable bonds is 8. The summed E-state index contributed by atoms with van der Waals surface area (Å²) in [5.41, 5.74) is 2.43. The van der Waals surface area contributed by atoms with Crippen LogP contribution in [0, 0.1) is 0 Å². The zero-order valence-corrected chi connectivity index (χ0v) is 12.6. The second-order valence-electron chi connectivity index (χ2n) is 5.05. The second-order valence-corrected chi connectivity index (χ2v) is 5.05. The largest absolute Gasteiger partial charge is 0.489 e. The van der Waals surface area contributed by atoms with E-state index in [-0.39, 0.29) is 0 Å². The maximum atomic E-state index is 5.88. The second kappa shape index (κ2) is 8.28. The molecule has 0 saturated carbocycles. The Morgan fingerprint density at radius 1 is 1.14 bits per heavy atom. The Morgan fingerprint density at radius 2 is 1.95 bits per heavy atom. The van der Waals surface area contributed by atoms with Crippen molar-refractivity contribution >= 4 is 0 Å². The van der Waals surface area contributed by atoms with Gasteiger partial charge in [-0.05, 0) is 43.1 Å². The standard InChI is InChI=1S/C19H23NO/c1-3-4-13-19(20-2)17-11-8-12-18(14-17)21-15-16-9-6-5-7-10-16/h3,5-12,14,19-20H,1,4,13,15H2,2H3. The molecule has 21 heavy (non-hydrogen) atoms. The highest BCUT2D eigenvalue weighted by molar-refractivity contribution is 5.31. The van der Waals surface area contributed by atoms with Gasteiger partial charge in [0.05, 0.1) is 0 Å². The van der Waals surface area contributed by atoms with Gasteiger partial charge in [-0.3, -0.25) is 0 Å². The van der Waals surface area contributed by atoms with Gasteiger partial charge in [0.25, 0.3) is 0 Å². The van der Waals surface area contributed by atoms with E-state index in [1.54, 1.807) is 0 Å². The quantitative estimate of drug-likeness (QED) is 0.720. The van der Waals surface area contributed by atoms with Gasteiger partial charge in [-0.2, -0.15) is 0 Å². The summed E-state index contributed by atoms with van der Waals surface area (Å²) < 4.78 is 5.88. The number of nitrogens with one attached hydrogen (secondary N) is 1. The lowest BCUT2D eigenvalue weighted by Crippen LogP contribution is -2.16. The van der Waals surface area contributed by atoms with Gasteiger partial charge >= 0.3 is 0 Å². The van der Waals surface area contributed by atoms with Crippen molar-refractivity contribution in [2.75, 3.05) is 7.05 Å². The van der Waals surface area contributed by atoms with E-state index < -0.39 is 0 Å². The average Bonchev–Trinajstić information content (AvgIpc) is 2.55. The molecular formula is C19H23NO. The summed E-state index contributed by atoms with van der Waals surface area (Å²) in [7, 11) is 1.99. The molecule has 1 unspecified atom stereocenters. The highest BCUT2D eigenvalue weighted by Crippen LogP contribution is 2.23. The molecule has 0 radical (unpaired) electrons. The smallest absolute Gasteiger partial charge is 0.120 e. The molecule has 0 heterocycles. The predicted molar refractivity (Wildman–Crippen MR) is 88.4 cm³/mol. The van der Waals surface area contributed by atoms with Crippen LogP contribution in [0.25, 0.3) is 0 Å². The number of hydrogen-bond donors (Lipinski definition) is 1. The summed E-state index contributed by atoms with van der Waals surface area (Å²) in [6.45, 7) is 4.39. The van der Waals surface area contributed by atoms with Crippen molar-refractivity contribution in [3.05, 3.63) is 78.4 Å².